The molecule has 2 aromatic carbocycles. The largest absolute Gasteiger partial charge is 1.00 e. The number of quaternary nitrogens is 1. The molecule has 1 nitrogen and oxygen atoms in total. The van der Waals surface area contributed by atoms with Crippen LogP contribution < -0.4 is 16.9 Å². The van der Waals surface area contributed by atoms with Crippen molar-refractivity contribution in [3.8, 4) is 0 Å². The summed E-state index contributed by atoms with van der Waals surface area (Å²) in [7, 11) is 4.51. The van der Waals surface area contributed by atoms with Crippen LogP contribution in [0.5, 0.6) is 0 Å². The van der Waals surface area contributed by atoms with Crippen molar-refractivity contribution >= 4 is 5.69 Å². The first-order chi connectivity index (χ1) is 9.29. The fourth-order valence-electron chi connectivity index (χ4n) is 2.49. The quantitative estimate of drug-likeness (QED) is 0.758. The van der Waals surface area contributed by atoms with Gasteiger partial charge in [0.15, 0.2) is 0 Å². The average Bonchev–Trinajstić information content (AvgIpc) is 2.39. The summed E-state index contributed by atoms with van der Waals surface area (Å²) >= 11 is 0. The Labute approximate surface area is 135 Å². The summed E-state index contributed by atoms with van der Waals surface area (Å²) in [5.74, 6) is 0. The number of hydrogen-bond donors (Lipinski definition) is 0. The molecule has 2 heteroatoms. The van der Waals surface area contributed by atoms with Crippen LogP contribution in [0.1, 0.15) is 31.9 Å². The van der Waals surface area contributed by atoms with Gasteiger partial charge in [-0.25, -0.2) is 0 Å². The van der Waals surface area contributed by atoms with Crippen LogP contribution >= 0.6 is 0 Å². The molecule has 0 amide bonds. The van der Waals surface area contributed by atoms with Crippen molar-refractivity contribution in [1.82, 2.24) is 4.48 Å². The van der Waals surface area contributed by atoms with E-state index in [4.69, 9.17) is 0 Å². The predicted molar refractivity (Wildman–Crippen MR) is 88.9 cm³/mol. The van der Waals surface area contributed by atoms with Gasteiger partial charge in [-0.05, 0) is 23.1 Å². The predicted octanol–water partition coefficient (Wildman–Crippen LogP) is 1.76. The summed E-state index contributed by atoms with van der Waals surface area (Å²) in [6, 6.07) is 19.7. The zero-order valence-corrected chi connectivity index (χ0v) is 14.5. The van der Waals surface area contributed by atoms with Crippen LogP contribution in [0.2, 0.25) is 0 Å². The summed E-state index contributed by atoms with van der Waals surface area (Å²) in [5, 5.41) is 0. The molecule has 0 saturated carbocycles. The van der Waals surface area contributed by atoms with E-state index in [-0.39, 0.29) is 17.8 Å². The number of nitrogens with zero attached hydrogens (tertiary/aromatic N) is 1. The minimum absolute atomic E-state index is 0. The molecule has 0 fully saturated rings. The molecule has 114 valence electrons. The molecular weight excluding hydrogens is 278 g/mol. The number of para-hydroxylation sites is 1. The lowest BCUT2D eigenvalue weighted by atomic mass is 9.86. The van der Waals surface area contributed by atoms with Crippen molar-refractivity contribution in [2.75, 3.05) is 14.1 Å². The maximum Gasteiger partial charge on any atom is 0.132 e. The van der Waals surface area contributed by atoms with Crippen LogP contribution in [-0.2, 0) is 12.0 Å². The Morgan fingerprint density at radius 3 is 1.81 bits per heavy atom. The molecule has 0 aliphatic heterocycles. The third-order valence-electron chi connectivity index (χ3n) is 3.85. The second kappa shape index (κ2) is 6.64. The molecular formula is C19H26ClN. The van der Waals surface area contributed by atoms with E-state index in [1.807, 2.05) is 0 Å². The van der Waals surface area contributed by atoms with Gasteiger partial charge in [-0.2, -0.15) is 0 Å². The summed E-state index contributed by atoms with van der Waals surface area (Å²) in [6.07, 6.45) is 0. The first-order valence-electron chi connectivity index (χ1n) is 7.27. The lowest BCUT2D eigenvalue weighted by Gasteiger charge is -2.29. The number of hydrogen-bond acceptors (Lipinski definition) is 0. The van der Waals surface area contributed by atoms with Crippen LogP contribution in [0.3, 0.4) is 0 Å². The lowest BCUT2D eigenvalue weighted by molar-refractivity contribution is -0.00000483. The maximum atomic E-state index is 2.27. The van der Waals surface area contributed by atoms with Gasteiger partial charge in [0.1, 0.15) is 12.2 Å². The fraction of sp³-hybridized carbons (Fsp3) is 0.368. The molecule has 0 unspecified atom stereocenters. The zero-order chi connectivity index (χ0) is 14.8. The summed E-state index contributed by atoms with van der Waals surface area (Å²) in [5.41, 5.74) is 4.34. The highest BCUT2D eigenvalue weighted by molar-refractivity contribution is 5.42. The van der Waals surface area contributed by atoms with Gasteiger partial charge in [-0.3, -0.25) is 4.48 Å². The summed E-state index contributed by atoms with van der Waals surface area (Å²) < 4.78 is 0.871. The van der Waals surface area contributed by atoms with Gasteiger partial charge >= 0.3 is 0 Å². The number of rotatable bonds is 3. The SMILES string of the molecule is CC(C)(C)c1ccc(C[N+](C)(C)c2ccccc2)cc1.[Cl-]. The van der Waals surface area contributed by atoms with E-state index >= 15 is 0 Å². The van der Waals surface area contributed by atoms with Gasteiger partial charge in [0.2, 0.25) is 0 Å². The Balaban J connectivity index is 0.00000220. The van der Waals surface area contributed by atoms with Crippen LogP contribution in [0.4, 0.5) is 5.69 Å². The van der Waals surface area contributed by atoms with Crippen molar-refractivity contribution in [3.63, 3.8) is 0 Å². The van der Waals surface area contributed by atoms with Gasteiger partial charge in [-0.1, -0.05) is 63.2 Å². The molecule has 0 aliphatic rings. The summed E-state index contributed by atoms with van der Waals surface area (Å²) in [4.78, 5) is 0. The molecule has 0 radical (unpaired) electrons. The molecule has 2 rings (SSSR count). The highest BCUT2D eigenvalue weighted by atomic mass is 35.5. The van der Waals surface area contributed by atoms with Gasteiger partial charge in [-0.15, -0.1) is 0 Å². The van der Waals surface area contributed by atoms with E-state index in [2.05, 4.69) is 89.5 Å². The van der Waals surface area contributed by atoms with E-state index in [0.29, 0.717) is 0 Å². The second-order valence-electron chi connectivity index (χ2n) is 7.13. The first kappa shape index (κ1) is 17.7. The Kier molecular flexibility index (Phi) is 5.61. The normalized spacial score (nSPS) is 11.9. The zero-order valence-electron chi connectivity index (χ0n) is 13.7. The van der Waals surface area contributed by atoms with Crippen molar-refractivity contribution in [2.45, 2.75) is 32.7 Å². The van der Waals surface area contributed by atoms with Crippen molar-refractivity contribution in [1.29, 1.82) is 0 Å². The number of halogens is 1. The Hall–Kier alpha value is -1.31. The topological polar surface area (TPSA) is 0 Å². The highest BCUT2D eigenvalue weighted by Crippen LogP contribution is 2.25. The van der Waals surface area contributed by atoms with Gasteiger partial charge < -0.3 is 12.4 Å². The monoisotopic (exact) mass is 303 g/mol. The minimum atomic E-state index is 0. The van der Waals surface area contributed by atoms with Crippen molar-refractivity contribution in [3.05, 3.63) is 65.7 Å². The van der Waals surface area contributed by atoms with E-state index in [0.717, 1.165) is 11.0 Å². The van der Waals surface area contributed by atoms with E-state index in [1.165, 1.54) is 16.8 Å². The molecule has 0 saturated heterocycles. The van der Waals surface area contributed by atoms with Crippen LogP contribution in [0.25, 0.3) is 0 Å². The standard InChI is InChI=1S/C19H26N.ClH/c1-19(2,3)17-13-11-16(12-14-17)15-20(4,5)18-9-7-6-8-10-18;/h6-14H,15H2,1-5H3;1H/q+1;/p-1. The van der Waals surface area contributed by atoms with Gasteiger partial charge in [0.05, 0.1) is 14.1 Å². The van der Waals surface area contributed by atoms with Crippen molar-refractivity contribution < 1.29 is 12.4 Å². The minimum Gasteiger partial charge on any atom is -1.00 e. The molecule has 0 atom stereocenters. The smallest absolute Gasteiger partial charge is 0.132 e. The molecule has 0 N–H and O–H groups in total. The second-order valence-corrected chi connectivity index (χ2v) is 7.13. The van der Waals surface area contributed by atoms with Crippen LogP contribution in [-0.4, -0.2) is 14.1 Å². The fourth-order valence-corrected chi connectivity index (χ4v) is 2.49. The lowest BCUT2D eigenvalue weighted by Crippen LogP contribution is -3.00. The Morgan fingerprint density at radius 1 is 0.810 bits per heavy atom. The molecule has 0 heterocycles. The molecule has 0 aromatic heterocycles. The van der Waals surface area contributed by atoms with Crippen molar-refractivity contribution in [2.24, 2.45) is 0 Å². The number of benzene rings is 2. The molecule has 0 bridgehead atoms. The molecule has 21 heavy (non-hydrogen) atoms. The van der Waals surface area contributed by atoms with E-state index in [1.54, 1.807) is 0 Å². The average molecular weight is 304 g/mol. The van der Waals surface area contributed by atoms with Gasteiger partial charge in [0.25, 0.3) is 0 Å². The highest BCUT2D eigenvalue weighted by Gasteiger charge is 2.19. The molecule has 0 aliphatic carbocycles. The Morgan fingerprint density at radius 2 is 1.33 bits per heavy atom. The molecule has 0 spiro atoms. The van der Waals surface area contributed by atoms with Crippen LogP contribution in [0, 0.1) is 0 Å². The third-order valence-corrected chi connectivity index (χ3v) is 3.85. The van der Waals surface area contributed by atoms with Crippen LogP contribution in [0.15, 0.2) is 54.6 Å². The first-order valence-corrected chi connectivity index (χ1v) is 7.27. The summed E-state index contributed by atoms with van der Waals surface area (Å²) in [6.45, 7) is 7.78. The molecule has 2 aromatic rings. The van der Waals surface area contributed by atoms with E-state index in [9.17, 15) is 0 Å². The van der Waals surface area contributed by atoms with E-state index < -0.39 is 0 Å². The maximum absolute atomic E-state index is 2.27. The Bertz CT molecular complexity index is 550. The third kappa shape index (κ3) is 4.59. The van der Waals surface area contributed by atoms with Gasteiger partial charge in [0, 0.05) is 5.56 Å².